The Morgan fingerprint density at radius 3 is 2.73 bits per heavy atom. The Morgan fingerprint density at radius 1 is 1.33 bits per heavy atom. The topological polar surface area (TPSA) is 22.1 Å². The second-order valence-electron chi connectivity index (χ2n) is 4.22. The van der Waals surface area contributed by atoms with Crippen molar-refractivity contribution in [2.45, 2.75) is 38.5 Å². The van der Waals surface area contributed by atoms with Crippen molar-refractivity contribution in [1.29, 1.82) is 0 Å². The number of pyridine rings is 1. The second-order valence-corrected chi connectivity index (χ2v) is 4.22. The van der Waals surface area contributed by atoms with E-state index in [1.165, 1.54) is 17.7 Å². The van der Waals surface area contributed by atoms with Gasteiger partial charge in [-0.25, -0.2) is 0 Å². The summed E-state index contributed by atoms with van der Waals surface area (Å²) in [6.45, 7) is 4.00. The number of nitrogens with zero attached hydrogens (tertiary/aromatic N) is 1. The van der Waals surface area contributed by atoms with E-state index in [2.05, 4.69) is 30.2 Å². The Balaban J connectivity index is 2.02. The zero-order valence-electron chi connectivity index (χ0n) is 9.41. The lowest BCUT2D eigenvalue weighted by atomic mass is 9.93. The van der Waals surface area contributed by atoms with E-state index < -0.39 is 0 Å². The fraction of sp³-hybridized carbons (Fsp3) is 0.615. The number of ether oxygens (including phenoxy) is 1. The standard InChI is InChI=1S/C13H19NO/c1-2-3-13-5-4-12(10-14-13)11-6-8-15-9-7-11/h4-5,10-11H,2-3,6-9H2,1H3. The lowest BCUT2D eigenvalue weighted by Crippen LogP contribution is -2.14. The van der Waals surface area contributed by atoms with Crippen molar-refractivity contribution in [3.8, 4) is 0 Å². The van der Waals surface area contributed by atoms with Gasteiger partial charge in [0.05, 0.1) is 0 Å². The summed E-state index contributed by atoms with van der Waals surface area (Å²) < 4.78 is 5.36. The summed E-state index contributed by atoms with van der Waals surface area (Å²) >= 11 is 0. The Labute approximate surface area is 91.7 Å². The molecule has 0 aromatic carbocycles. The van der Waals surface area contributed by atoms with E-state index in [1.807, 2.05) is 0 Å². The molecule has 15 heavy (non-hydrogen) atoms. The van der Waals surface area contributed by atoms with Gasteiger partial charge in [-0.2, -0.15) is 0 Å². The maximum absolute atomic E-state index is 5.36. The van der Waals surface area contributed by atoms with Gasteiger partial charge in [0, 0.05) is 25.1 Å². The normalized spacial score (nSPS) is 17.9. The number of rotatable bonds is 3. The van der Waals surface area contributed by atoms with Crippen LogP contribution in [-0.4, -0.2) is 18.2 Å². The summed E-state index contributed by atoms with van der Waals surface area (Å²) in [7, 11) is 0. The van der Waals surface area contributed by atoms with Crippen LogP contribution < -0.4 is 0 Å². The Kier molecular flexibility index (Phi) is 3.73. The van der Waals surface area contributed by atoms with E-state index in [1.54, 1.807) is 0 Å². The number of aryl methyl sites for hydroxylation is 1. The Morgan fingerprint density at radius 2 is 2.13 bits per heavy atom. The lowest BCUT2D eigenvalue weighted by molar-refractivity contribution is 0.0852. The van der Waals surface area contributed by atoms with Gasteiger partial charge in [0.1, 0.15) is 0 Å². The summed E-state index contributed by atoms with van der Waals surface area (Å²) in [6, 6.07) is 4.42. The van der Waals surface area contributed by atoms with Crippen molar-refractivity contribution in [3.05, 3.63) is 29.6 Å². The van der Waals surface area contributed by atoms with Gasteiger partial charge in [-0.3, -0.25) is 4.98 Å². The van der Waals surface area contributed by atoms with E-state index in [4.69, 9.17) is 4.74 Å². The monoisotopic (exact) mass is 205 g/mol. The maximum atomic E-state index is 5.36. The molecule has 1 aliphatic heterocycles. The third-order valence-electron chi connectivity index (χ3n) is 3.05. The third kappa shape index (κ3) is 2.78. The summed E-state index contributed by atoms with van der Waals surface area (Å²) in [5, 5.41) is 0. The number of aromatic nitrogens is 1. The quantitative estimate of drug-likeness (QED) is 0.757. The van der Waals surface area contributed by atoms with Crippen LogP contribution in [-0.2, 0) is 11.2 Å². The predicted octanol–water partition coefficient (Wildman–Crippen LogP) is 2.93. The van der Waals surface area contributed by atoms with Gasteiger partial charge >= 0.3 is 0 Å². The SMILES string of the molecule is CCCc1ccc(C2CCOCC2)cn1. The third-order valence-corrected chi connectivity index (χ3v) is 3.05. The smallest absolute Gasteiger partial charge is 0.0471 e. The molecule has 82 valence electrons. The summed E-state index contributed by atoms with van der Waals surface area (Å²) in [5.74, 6) is 0.668. The van der Waals surface area contributed by atoms with Gasteiger partial charge in [-0.15, -0.1) is 0 Å². The molecule has 0 radical (unpaired) electrons. The van der Waals surface area contributed by atoms with Crippen molar-refractivity contribution in [2.75, 3.05) is 13.2 Å². The average molecular weight is 205 g/mol. The summed E-state index contributed by atoms with van der Waals surface area (Å²) in [5.41, 5.74) is 2.60. The van der Waals surface area contributed by atoms with Gasteiger partial charge in [0.2, 0.25) is 0 Å². The van der Waals surface area contributed by atoms with Crippen molar-refractivity contribution in [2.24, 2.45) is 0 Å². The molecule has 0 spiro atoms. The number of hydrogen-bond acceptors (Lipinski definition) is 2. The van der Waals surface area contributed by atoms with Crippen molar-refractivity contribution >= 4 is 0 Å². The molecule has 0 N–H and O–H groups in total. The molecule has 1 aromatic rings. The predicted molar refractivity (Wildman–Crippen MR) is 61.0 cm³/mol. The molecule has 2 heteroatoms. The lowest BCUT2D eigenvalue weighted by Gasteiger charge is -2.22. The van der Waals surface area contributed by atoms with E-state index in [0.29, 0.717) is 5.92 Å². The van der Waals surface area contributed by atoms with Gasteiger partial charge in [0.15, 0.2) is 0 Å². The Hall–Kier alpha value is -0.890. The van der Waals surface area contributed by atoms with Crippen molar-refractivity contribution < 1.29 is 4.74 Å². The molecule has 0 atom stereocenters. The van der Waals surface area contributed by atoms with Crippen LogP contribution in [0.2, 0.25) is 0 Å². The number of hydrogen-bond donors (Lipinski definition) is 0. The molecule has 2 heterocycles. The fourth-order valence-corrected chi connectivity index (χ4v) is 2.11. The Bertz CT molecular complexity index is 288. The largest absolute Gasteiger partial charge is 0.381 e. The molecule has 1 saturated heterocycles. The molecule has 0 saturated carbocycles. The molecular formula is C13H19NO. The molecule has 2 rings (SSSR count). The van der Waals surface area contributed by atoms with Crippen LogP contribution in [0.3, 0.4) is 0 Å². The molecule has 1 aliphatic rings. The first-order valence-corrected chi connectivity index (χ1v) is 5.92. The molecule has 0 aliphatic carbocycles. The first kappa shape index (κ1) is 10.6. The van der Waals surface area contributed by atoms with Crippen molar-refractivity contribution in [1.82, 2.24) is 4.98 Å². The minimum atomic E-state index is 0.668. The van der Waals surface area contributed by atoms with E-state index >= 15 is 0 Å². The van der Waals surface area contributed by atoms with Gasteiger partial charge in [-0.1, -0.05) is 19.4 Å². The molecule has 0 unspecified atom stereocenters. The molecule has 0 bridgehead atoms. The zero-order chi connectivity index (χ0) is 10.5. The molecular weight excluding hydrogens is 186 g/mol. The van der Waals surface area contributed by atoms with E-state index in [9.17, 15) is 0 Å². The van der Waals surface area contributed by atoms with Crippen LogP contribution >= 0.6 is 0 Å². The highest BCUT2D eigenvalue weighted by Crippen LogP contribution is 2.26. The summed E-state index contributed by atoms with van der Waals surface area (Å²) in [4.78, 5) is 4.50. The maximum Gasteiger partial charge on any atom is 0.0471 e. The van der Waals surface area contributed by atoms with E-state index in [0.717, 1.165) is 32.5 Å². The van der Waals surface area contributed by atoms with Crippen LogP contribution in [0.15, 0.2) is 18.3 Å². The van der Waals surface area contributed by atoms with E-state index in [-0.39, 0.29) is 0 Å². The van der Waals surface area contributed by atoms with Crippen LogP contribution in [0, 0.1) is 0 Å². The highest BCUT2D eigenvalue weighted by Gasteiger charge is 2.15. The molecule has 1 aromatic heterocycles. The van der Waals surface area contributed by atoms with Gasteiger partial charge in [0.25, 0.3) is 0 Å². The van der Waals surface area contributed by atoms with Crippen LogP contribution in [0.5, 0.6) is 0 Å². The first-order valence-electron chi connectivity index (χ1n) is 5.92. The van der Waals surface area contributed by atoms with Crippen LogP contribution in [0.4, 0.5) is 0 Å². The van der Waals surface area contributed by atoms with Gasteiger partial charge in [-0.05, 0) is 36.8 Å². The zero-order valence-corrected chi connectivity index (χ0v) is 9.41. The fourth-order valence-electron chi connectivity index (χ4n) is 2.11. The second kappa shape index (κ2) is 5.26. The molecule has 1 fully saturated rings. The molecule has 2 nitrogen and oxygen atoms in total. The first-order chi connectivity index (χ1) is 7.40. The highest BCUT2D eigenvalue weighted by atomic mass is 16.5. The minimum absolute atomic E-state index is 0.668. The van der Waals surface area contributed by atoms with Crippen LogP contribution in [0.1, 0.15) is 43.4 Å². The van der Waals surface area contributed by atoms with Crippen molar-refractivity contribution in [3.63, 3.8) is 0 Å². The van der Waals surface area contributed by atoms with Crippen LogP contribution in [0.25, 0.3) is 0 Å². The van der Waals surface area contributed by atoms with Gasteiger partial charge < -0.3 is 4.74 Å². The minimum Gasteiger partial charge on any atom is -0.381 e. The summed E-state index contributed by atoms with van der Waals surface area (Å²) in [6.07, 6.45) is 6.61. The highest BCUT2D eigenvalue weighted by molar-refractivity contribution is 5.18. The average Bonchev–Trinajstić information content (AvgIpc) is 2.32. The molecule has 0 amide bonds.